The topological polar surface area (TPSA) is 84.5 Å². The largest absolute Gasteiger partial charge is 0.465 e. The van der Waals surface area contributed by atoms with Crippen molar-refractivity contribution in [3.8, 4) is 0 Å². The molecule has 0 aliphatic carbocycles. The van der Waals surface area contributed by atoms with Crippen LogP contribution in [0.15, 0.2) is 30.3 Å². The van der Waals surface area contributed by atoms with Crippen molar-refractivity contribution in [3.05, 3.63) is 51.9 Å². The molecule has 0 fully saturated rings. The molecule has 2 aromatic rings. The van der Waals surface area contributed by atoms with Crippen molar-refractivity contribution in [1.29, 1.82) is 0 Å². The van der Waals surface area contributed by atoms with Crippen LogP contribution in [-0.4, -0.2) is 31.4 Å². The number of methoxy groups -OCH3 is 1. The third-order valence-corrected chi connectivity index (χ3v) is 4.78. The predicted molar refractivity (Wildman–Crippen MR) is 97.2 cm³/mol. The highest BCUT2D eigenvalue weighted by molar-refractivity contribution is 7.18. The van der Waals surface area contributed by atoms with Crippen LogP contribution in [0.5, 0.6) is 0 Å². The molecule has 0 atom stereocenters. The first-order valence-electron chi connectivity index (χ1n) is 7.75. The number of hydrogen-bond donors (Lipinski definition) is 2. The average molecular weight is 360 g/mol. The quantitative estimate of drug-likeness (QED) is 0.776. The van der Waals surface area contributed by atoms with E-state index in [1.165, 1.54) is 14.0 Å². The lowest BCUT2D eigenvalue weighted by Gasteiger charge is -2.05. The number of ether oxygens (including phenoxy) is 1. The van der Waals surface area contributed by atoms with E-state index in [1.807, 2.05) is 30.3 Å². The Balaban J connectivity index is 2.14. The minimum atomic E-state index is -0.583. The van der Waals surface area contributed by atoms with E-state index in [4.69, 9.17) is 4.74 Å². The van der Waals surface area contributed by atoms with E-state index < -0.39 is 5.97 Å². The summed E-state index contributed by atoms with van der Waals surface area (Å²) < 4.78 is 4.76. The lowest BCUT2D eigenvalue weighted by molar-refractivity contribution is -0.114. The first-order chi connectivity index (χ1) is 11.9. The van der Waals surface area contributed by atoms with E-state index in [9.17, 15) is 14.4 Å². The van der Waals surface area contributed by atoms with E-state index in [0.29, 0.717) is 28.4 Å². The molecule has 6 nitrogen and oxygen atoms in total. The maximum absolute atomic E-state index is 12.5. The van der Waals surface area contributed by atoms with Crippen LogP contribution in [0.4, 0.5) is 5.00 Å². The van der Waals surface area contributed by atoms with Crippen molar-refractivity contribution in [2.75, 3.05) is 19.0 Å². The van der Waals surface area contributed by atoms with Gasteiger partial charge in [0.1, 0.15) is 5.00 Å². The Morgan fingerprint density at radius 2 is 1.84 bits per heavy atom. The fourth-order valence-electron chi connectivity index (χ4n) is 2.37. The molecule has 2 N–H and O–H groups in total. The zero-order valence-electron chi connectivity index (χ0n) is 14.3. The van der Waals surface area contributed by atoms with Crippen LogP contribution in [-0.2, 0) is 16.0 Å². The summed E-state index contributed by atoms with van der Waals surface area (Å²) in [4.78, 5) is 36.2. The van der Waals surface area contributed by atoms with Gasteiger partial charge in [-0.25, -0.2) is 4.79 Å². The van der Waals surface area contributed by atoms with Gasteiger partial charge in [-0.15, -0.1) is 11.3 Å². The number of thiophene rings is 1. The molecule has 0 radical (unpaired) electrons. The van der Waals surface area contributed by atoms with Gasteiger partial charge < -0.3 is 15.4 Å². The molecule has 1 aromatic carbocycles. The molecule has 1 aromatic heterocycles. The Kier molecular flexibility index (Phi) is 6.30. The fraction of sp³-hybridized carbons (Fsp3) is 0.278. The highest BCUT2D eigenvalue weighted by Crippen LogP contribution is 2.33. The van der Waals surface area contributed by atoms with Gasteiger partial charge in [0.2, 0.25) is 5.91 Å². The molecule has 0 aliphatic rings. The molecule has 25 heavy (non-hydrogen) atoms. The van der Waals surface area contributed by atoms with Crippen molar-refractivity contribution in [3.63, 3.8) is 0 Å². The molecule has 0 unspecified atom stereocenters. The number of rotatable bonds is 6. The number of amides is 2. The SMILES string of the molecule is COC(=O)c1c(NC(C)=O)sc(C(=O)NCCc2ccccc2)c1C. The smallest absolute Gasteiger partial charge is 0.341 e. The molecular weight excluding hydrogens is 340 g/mol. The Morgan fingerprint density at radius 1 is 1.16 bits per heavy atom. The number of anilines is 1. The lowest BCUT2D eigenvalue weighted by atomic mass is 10.1. The molecular formula is C18H20N2O4S. The summed E-state index contributed by atoms with van der Waals surface area (Å²) in [6.07, 6.45) is 0.708. The molecule has 132 valence electrons. The zero-order chi connectivity index (χ0) is 18.4. The summed E-state index contributed by atoms with van der Waals surface area (Å²) in [6, 6.07) is 9.82. The standard InChI is InChI=1S/C18H20N2O4S/c1-11-14(18(23)24-3)17(20-12(2)21)25-15(11)16(22)19-10-9-13-7-5-4-6-8-13/h4-8H,9-10H2,1-3H3,(H,19,22)(H,20,21). The van der Waals surface area contributed by atoms with Crippen molar-refractivity contribution < 1.29 is 19.1 Å². The van der Waals surface area contributed by atoms with Crippen LogP contribution < -0.4 is 10.6 Å². The van der Waals surface area contributed by atoms with Crippen LogP contribution in [0.3, 0.4) is 0 Å². The Hall–Kier alpha value is -2.67. The third-order valence-electron chi connectivity index (χ3n) is 3.57. The Labute approximate surface area is 150 Å². The number of esters is 1. The minimum absolute atomic E-state index is 0.218. The zero-order valence-corrected chi connectivity index (χ0v) is 15.2. The first kappa shape index (κ1) is 18.7. The molecule has 0 aliphatic heterocycles. The van der Waals surface area contributed by atoms with Crippen LogP contribution in [0.25, 0.3) is 0 Å². The van der Waals surface area contributed by atoms with Gasteiger partial charge in [0.15, 0.2) is 0 Å². The molecule has 0 saturated carbocycles. The predicted octanol–water partition coefficient (Wildman–Crippen LogP) is 2.77. The van der Waals surface area contributed by atoms with E-state index >= 15 is 0 Å². The van der Waals surface area contributed by atoms with Crippen LogP contribution >= 0.6 is 11.3 Å². The minimum Gasteiger partial charge on any atom is -0.465 e. The molecule has 2 amide bonds. The van der Waals surface area contributed by atoms with E-state index in [0.717, 1.165) is 16.9 Å². The number of carbonyl (C=O) groups is 3. The van der Waals surface area contributed by atoms with Gasteiger partial charge in [0, 0.05) is 13.5 Å². The molecule has 0 saturated heterocycles. The third kappa shape index (κ3) is 4.67. The van der Waals surface area contributed by atoms with Gasteiger partial charge in [-0.05, 0) is 24.5 Å². The Morgan fingerprint density at radius 3 is 2.44 bits per heavy atom. The molecule has 0 spiro atoms. The first-order valence-corrected chi connectivity index (χ1v) is 8.57. The monoisotopic (exact) mass is 360 g/mol. The maximum Gasteiger partial charge on any atom is 0.341 e. The summed E-state index contributed by atoms with van der Waals surface area (Å²) in [5, 5.41) is 5.76. The summed E-state index contributed by atoms with van der Waals surface area (Å²) in [6.45, 7) is 3.49. The van der Waals surface area contributed by atoms with Crippen molar-refractivity contribution in [2.24, 2.45) is 0 Å². The van der Waals surface area contributed by atoms with Crippen LogP contribution in [0.1, 0.15) is 38.1 Å². The summed E-state index contributed by atoms with van der Waals surface area (Å²) in [7, 11) is 1.26. The van der Waals surface area contributed by atoms with E-state index in [-0.39, 0.29) is 17.4 Å². The normalized spacial score (nSPS) is 10.2. The highest BCUT2D eigenvalue weighted by atomic mass is 32.1. The van der Waals surface area contributed by atoms with Gasteiger partial charge in [0.25, 0.3) is 5.91 Å². The molecule has 1 heterocycles. The lowest BCUT2D eigenvalue weighted by Crippen LogP contribution is -2.25. The number of nitrogens with one attached hydrogen (secondary N) is 2. The second kappa shape index (κ2) is 8.43. The molecule has 7 heteroatoms. The van der Waals surface area contributed by atoms with Crippen molar-refractivity contribution in [2.45, 2.75) is 20.3 Å². The Bertz CT molecular complexity index is 784. The maximum atomic E-state index is 12.5. The van der Waals surface area contributed by atoms with E-state index in [2.05, 4.69) is 10.6 Å². The van der Waals surface area contributed by atoms with Gasteiger partial charge in [-0.2, -0.15) is 0 Å². The van der Waals surface area contributed by atoms with E-state index in [1.54, 1.807) is 6.92 Å². The summed E-state index contributed by atoms with van der Waals surface area (Å²) in [5.74, 6) is -1.18. The average Bonchev–Trinajstić information content (AvgIpc) is 2.90. The number of benzene rings is 1. The van der Waals surface area contributed by atoms with Crippen LogP contribution in [0, 0.1) is 6.92 Å². The highest BCUT2D eigenvalue weighted by Gasteiger charge is 2.25. The van der Waals surface area contributed by atoms with Crippen LogP contribution in [0.2, 0.25) is 0 Å². The van der Waals surface area contributed by atoms with Gasteiger partial charge in [-0.3, -0.25) is 9.59 Å². The second-order valence-corrected chi connectivity index (χ2v) is 6.45. The molecule has 2 rings (SSSR count). The fourth-order valence-corrected chi connectivity index (χ4v) is 3.53. The summed E-state index contributed by atoms with van der Waals surface area (Å²) in [5.41, 5.74) is 1.84. The van der Waals surface area contributed by atoms with Crippen molar-refractivity contribution >= 4 is 34.1 Å². The van der Waals surface area contributed by atoms with Crippen molar-refractivity contribution in [1.82, 2.24) is 5.32 Å². The number of carbonyl (C=O) groups excluding carboxylic acids is 3. The van der Waals surface area contributed by atoms with Gasteiger partial charge in [0.05, 0.1) is 17.6 Å². The number of hydrogen-bond acceptors (Lipinski definition) is 5. The summed E-state index contributed by atoms with van der Waals surface area (Å²) >= 11 is 1.07. The van der Waals surface area contributed by atoms with Gasteiger partial charge >= 0.3 is 5.97 Å². The second-order valence-electron chi connectivity index (χ2n) is 5.42. The van der Waals surface area contributed by atoms with Gasteiger partial charge in [-0.1, -0.05) is 30.3 Å². The molecule has 0 bridgehead atoms.